The van der Waals surface area contributed by atoms with Crippen molar-refractivity contribution in [3.63, 3.8) is 0 Å². The Labute approximate surface area is 123 Å². The van der Waals surface area contributed by atoms with Crippen LogP contribution in [0.1, 0.15) is 21.5 Å². The Bertz CT molecular complexity index is 680. The molecule has 0 saturated carbocycles. The van der Waals surface area contributed by atoms with Crippen molar-refractivity contribution in [2.45, 2.75) is 6.18 Å². The summed E-state index contributed by atoms with van der Waals surface area (Å²) in [4.78, 5) is 14.1. The minimum absolute atomic E-state index is 0.0366. The van der Waals surface area contributed by atoms with Crippen LogP contribution in [-0.2, 0) is 6.18 Å². The van der Waals surface area contributed by atoms with E-state index >= 15 is 0 Å². The Morgan fingerprint density at radius 1 is 1.18 bits per heavy atom. The molecule has 0 aliphatic rings. The lowest BCUT2D eigenvalue weighted by atomic mass is 10.1. The van der Waals surface area contributed by atoms with E-state index in [2.05, 4.69) is 15.5 Å². The van der Waals surface area contributed by atoms with Gasteiger partial charge in [0.05, 0.1) is 17.7 Å². The number of hydrogen-bond acceptors (Lipinski definition) is 5. The van der Waals surface area contributed by atoms with Crippen molar-refractivity contribution in [3.05, 3.63) is 59.3 Å². The van der Waals surface area contributed by atoms with E-state index in [1.165, 1.54) is 30.5 Å². The van der Waals surface area contributed by atoms with Gasteiger partial charge in [0.25, 0.3) is 0 Å². The van der Waals surface area contributed by atoms with Gasteiger partial charge in [-0.25, -0.2) is 4.98 Å². The number of rotatable bonds is 4. The number of pyridine rings is 1. The van der Waals surface area contributed by atoms with Crippen LogP contribution in [0.4, 0.5) is 19.0 Å². The summed E-state index contributed by atoms with van der Waals surface area (Å²) in [6.07, 6.45) is -2.36. The number of hydrazone groups is 1. The first kappa shape index (κ1) is 15.5. The molecule has 114 valence electrons. The van der Waals surface area contributed by atoms with Crippen LogP contribution in [-0.4, -0.2) is 17.2 Å². The van der Waals surface area contributed by atoms with Crippen molar-refractivity contribution in [2.75, 3.05) is 5.43 Å². The van der Waals surface area contributed by atoms with E-state index in [1.54, 1.807) is 0 Å². The van der Waals surface area contributed by atoms with E-state index in [-0.39, 0.29) is 11.4 Å². The Kier molecular flexibility index (Phi) is 4.40. The molecule has 5 nitrogen and oxygen atoms in total. The molecule has 1 N–H and O–H groups in total. The lowest BCUT2D eigenvalue weighted by Crippen LogP contribution is -2.21. The predicted octanol–water partition coefficient (Wildman–Crippen LogP) is 1.91. The molecule has 8 heteroatoms. The summed E-state index contributed by atoms with van der Waals surface area (Å²) >= 11 is 0. The number of nitrogens with zero attached hydrogens (tertiary/aromatic N) is 2. The number of aromatic carboxylic acids is 1. The van der Waals surface area contributed by atoms with E-state index in [9.17, 15) is 23.1 Å². The molecule has 0 saturated heterocycles. The van der Waals surface area contributed by atoms with Crippen LogP contribution >= 0.6 is 0 Å². The highest BCUT2D eigenvalue weighted by molar-refractivity contribution is 5.87. The van der Waals surface area contributed by atoms with Gasteiger partial charge in [-0.1, -0.05) is 24.3 Å². The first-order valence-electron chi connectivity index (χ1n) is 6.00. The number of carbonyl (C=O) groups excluding carboxylic acids is 1. The monoisotopic (exact) mass is 308 g/mol. The summed E-state index contributed by atoms with van der Waals surface area (Å²) in [6.45, 7) is 0. The number of benzene rings is 1. The van der Waals surface area contributed by atoms with E-state index in [0.29, 0.717) is 11.8 Å². The Balaban J connectivity index is 1.98. The van der Waals surface area contributed by atoms with E-state index in [0.717, 1.165) is 12.1 Å². The van der Waals surface area contributed by atoms with Gasteiger partial charge in [-0.05, 0) is 23.3 Å². The fourth-order valence-electron chi connectivity index (χ4n) is 1.51. The molecule has 1 heterocycles. The lowest BCUT2D eigenvalue weighted by Gasteiger charge is -2.06. The molecule has 0 fully saturated rings. The van der Waals surface area contributed by atoms with E-state index in [4.69, 9.17) is 0 Å². The summed E-state index contributed by atoms with van der Waals surface area (Å²) in [6, 6.07) is 7.77. The van der Waals surface area contributed by atoms with Crippen LogP contribution in [0.2, 0.25) is 0 Å². The fourth-order valence-corrected chi connectivity index (χ4v) is 1.51. The molecule has 0 aliphatic carbocycles. The maximum atomic E-state index is 12.3. The highest BCUT2D eigenvalue weighted by Gasteiger charge is 2.30. The molecule has 0 spiro atoms. The van der Waals surface area contributed by atoms with Gasteiger partial charge >= 0.3 is 6.18 Å². The van der Waals surface area contributed by atoms with Crippen LogP contribution in [0.5, 0.6) is 0 Å². The zero-order chi connectivity index (χ0) is 16.2. The molecule has 0 unspecified atom stereocenters. The summed E-state index contributed by atoms with van der Waals surface area (Å²) in [5.41, 5.74) is 2.26. The third kappa shape index (κ3) is 4.05. The first-order chi connectivity index (χ1) is 10.4. The number of nitrogens with one attached hydrogen (secondary N) is 1. The van der Waals surface area contributed by atoms with Crippen molar-refractivity contribution in [1.29, 1.82) is 0 Å². The molecule has 0 bridgehead atoms. The van der Waals surface area contributed by atoms with Gasteiger partial charge in [-0.3, -0.25) is 5.43 Å². The number of hydrogen-bond donors (Lipinski definition) is 1. The van der Waals surface area contributed by atoms with Gasteiger partial charge in [0.2, 0.25) is 0 Å². The maximum Gasteiger partial charge on any atom is 0.417 e. The third-order valence-corrected chi connectivity index (χ3v) is 2.63. The van der Waals surface area contributed by atoms with Crippen LogP contribution in [0, 0.1) is 0 Å². The molecular weight excluding hydrogens is 299 g/mol. The van der Waals surface area contributed by atoms with Crippen LogP contribution in [0.15, 0.2) is 47.7 Å². The zero-order valence-electron chi connectivity index (χ0n) is 11.0. The summed E-state index contributed by atoms with van der Waals surface area (Å²) in [7, 11) is 0. The lowest BCUT2D eigenvalue weighted by molar-refractivity contribution is -0.255. The molecule has 0 aliphatic heterocycles. The maximum absolute atomic E-state index is 12.3. The SMILES string of the molecule is O=C([O-])c1ccc(/C=N\Nc2ccc(C(F)(F)F)cn2)cc1. The number of carboxylic acid groups (broad SMARTS) is 1. The van der Waals surface area contributed by atoms with Crippen molar-refractivity contribution < 1.29 is 23.1 Å². The highest BCUT2D eigenvalue weighted by atomic mass is 19.4. The minimum atomic E-state index is -4.43. The van der Waals surface area contributed by atoms with E-state index in [1.807, 2.05) is 0 Å². The normalized spacial score (nSPS) is 11.6. The van der Waals surface area contributed by atoms with Crippen LogP contribution in [0.25, 0.3) is 0 Å². The molecule has 0 radical (unpaired) electrons. The topological polar surface area (TPSA) is 77.4 Å². The predicted molar refractivity (Wildman–Crippen MR) is 71.2 cm³/mol. The second kappa shape index (κ2) is 6.25. The Morgan fingerprint density at radius 2 is 1.86 bits per heavy atom. The quantitative estimate of drug-likeness (QED) is 0.691. The highest BCUT2D eigenvalue weighted by Crippen LogP contribution is 2.28. The largest absolute Gasteiger partial charge is 0.545 e. The minimum Gasteiger partial charge on any atom is -0.545 e. The molecule has 22 heavy (non-hydrogen) atoms. The van der Waals surface area contributed by atoms with Crippen molar-refractivity contribution in [1.82, 2.24) is 4.98 Å². The van der Waals surface area contributed by atoms with Crippen LogP contribution < -0.4 is 10.5 Å². The first-order valence-corrected chi connectivity index (χ1v) is 6.00. The average molecular weight is 308 g/mol. The van der Waals surface area contributed by atoms with Gasteiger partial charge in [-0.2, -0.15) is 18.3 Å². The number of halogens is 3. The zero-order valence-corrected chi connectivity index (χ0v) is 11.0. The summed E-state index contributed by atoms with van der Waals surface area (Å²) < 4.78 is 37.0. The summed E-state index contributed by atoms with van der Waals surface area (Å²) in [5, 5.41) is 14.4. The summed E-state index contributed by atoms with van der Waals surface area (Å²) in [5.74, 6) is -1.13. The average Bonchev–Trinajstić information content (AvgIpc) is 2.47. The van der Waals surface area contributed by atoms with Crippen molar-refractivity contribution in [2.24, 2.45) is 5.10 Å². The number of anilines is 1. The molecular formula is C14H9F3N3O2-. The molecule has 1 aromatic carbocycles. The molecule has 0 amide bonds. The molecule has 2 rings (SSSR count). The second-order valence-corrected chi connectivity index (χ2v) is 4.21. The number of aromatic nitrogens is 1. The number of carbonyl (C=O) groups is 1. The number of alkyl halides is 3. The number of carboxylic acids is 1. The second-order valence-electron chi connectivity index (χ2n) is 4.21. The van der Waals surface area contributed by atoms with E-state index < -0.39 is 17.7 Å². The van der Waals surface area contributed by atoms with Crippen LogP contribution in [0.3, 0.4) is 0 Å². The molecule has 1 aromatic heterocycles. The van der Waals surface area contributed by atoms with Gasteiger partial charge in [0.15, 0.2) is 0 Å². The van der Waals surface area contributed by atoms with Crippen molar-refractivity contribution in [3.8, 4) is 0 Å². The van der Waals surface area contributed by atoms with Gasteiger partial charge in [-0.15, -0.1) is 0 Å². The standard InChI is InChI=1S/C14H10F3N3O2/c15-14(16,17)11-5-6-12(18-8-11)20-19-7-9-1-3-10(4-2-9)13(21)22/h1-8H,(H,18,20)(H,21,22)/p-1/b19-7-. The molecule has 0 atom stereocenters. The third-order valence-electron chi connectivity index (χ3n) is 2.63. The smallest absolute Gasteiger partial charge is 0.417 e. The Hall–Kier alpha value is -2.90. The van der Waals surface area contributed by atoms with Crippen molar-refractivity contribution >= 4 is 18.0 Å². The van der Waals surface area contributed by atoms with Gasteiger partial charge in [0.1, 0.15) is 5.82 Å². The molecule has 2 aromatic rings. The Morgan fingerprint density at radius 3 is 2.36 bits per heavy atom. The van der Waals surface area contributed by atoms with Gasteiger partial charge < -0.3 is 9.90 Å². The fraction of sp³-hybridized carbons (Fsp3) is 0.0714. The van der Waals surface area contributed by atoms with Gasteiger partial charge in [0, 0.05) is 6.20 Å².